The Morgan fingerprint density at radius 3 is 3.11 bits per heavy atom. The second kappa shape index (κ2) is 4.57. The van der Waals surface area contributed by atoms with Gasteiger partial charge in [0, 0.05) is 6.42 Å². The number of rotatable bonds is 2. The van der Waals surface area contributed by atoms with Crippen LogP contribution in [0.25, 0.3) is 11.2 Å². The van der Waals surface area contributed by atoms with Gasteiger partial charge in [-0.15, -0.1) is 0 Å². The third kappa shape index (κ3) is 1.93. The number of hydrogen-bond acceptors (Lipinski definition) is 6. The van der Waals surface area contributed by atoms with E-state index in [2.05, 4.69) is 15.0 Å². The molecule has 1 saturated heterocycles. The maximum Gasteiger partial charge on any atom is 0.353 e. The molecule has 3 N–H and O–H groups in total. The van der Waals surface area contributed by atoms with Gasteiger partial charge in [0.15, 0.2) is 5.65 Å². The van der Waals surface area contributed by atoms with Crippen LogP contribution < -0.4 is 5.69 Å². The molecule has 8 nitrogen and oxygen atoms in total. The maximum atomic E-state index is 11.9. The topological polar surface area (TPSA) is 113 Å². The molecule has 0 aromatic carbocycles. The van der Waals surface area contributed by atoms with E-state index in [9.17, 15) is 9.90 Å². The SMILES string of the molecule is O=c1nc2nc[nH]c2c(Cl)n1C1C[C@H](O)[C@@H](CO)O1. The molecule has 2 aromatic heterocycles. The number of halogens is 1. The molecule has 102 valence electrons. The lowest BCUT2D eigenvalue weighted by Crippen LogP contribution is -2.28. The van der Waals surface area contributed by atoms with Gasteiger partial charge in [-0.05, 0) is 0 Å². The summed E-state index contributed by atoms with van der Waals surface area (Å²) in [5, 5.41) is 18.8. The Bertz CT molecular complexity index is 669. The van der Waals surface area contributed by atoms with Gasteiger partial charge in [0.25, 0.3) is 0 Å². The first-order valence-electron chi connectivity index (χ1n) is 5.67. The number of fused-ring (bicyclic) bond motifs is 1. The average molecular weight is 287 g/mol. The fourth-order valence-electron chi connectivity index (χ4n) is 2.16. The van der Waals surface area contributed by atoms with Crippen LogP contribution in [0.2, 0.25) is 5.15 Å². The largest absolute Gasteiger partial charge is 0.394 e. The predicted octanol–water partition coefficient (Wildman–Crippen LogP) is -0.586. The zero-order valence-electron chi connectivity index (χ0n) is 9.65. The van der Waals surface area contributed by atoms with Crippen LogP contribution in [-0.4, -0.2) is 48.5 Å². The molecule has 0 bridgehead atoms. The van der Waals surface area contributed by atoms with Gasteiger partial charge in [-0.3, -0.25) is 4.57 Å². The van der Waals surface area contributed by atoms with E-state index in [1.165, 1.54) is 6.33 Å². The van der Waals surface area contributed by atoms with E-state index >= 15 is 0 Å². The molecular weight excluding hydrogens is 276 g/mol. The summed E-state index contributed by atoms with van der Waals surface area (Å²) in [6, 6.07) is 0. The van der Waals surface area contributed by atoms with Gasteiger partial charge in [0.1, 0.15) is 23.0 Å². The molecule has 3 rings (SSSR count). The molecular formula is C10H11ClN4O4. The van der Waals surface area contributed by atoms with Crippen molar-refractivity contribution < 1.29 is 14.9 Å². The zero-order chi connectivity index (χ0) is 13.6. The third-order valence-corrected chi connectivity index (χ3v) is 3.49. The van der Waals surface area contributed by atoms with Crippen molar-refractivity contribution in [2.75, 3.05) is 6.61 Å². The summed E-state index contributed by atoms with van der Waals surface area (Å²) < 4.78 is 6.54. The lowest BCUT2D eigenvalue weighted by Gasteiger charge is -2.15. The van der Waals surface area contributed by atoms with Gasteiger partial charge >= 0.3 is 5.69 Å². The number of ether oxygens (including phenoxy) is 1. The Balaban J connectivity index is 2.08. The molecule has 1 aliphatic rings. The highest BCUT2D eigenvalue weighted by Gasteiger charge is 2.36. The highest BCUT2D eigenvalue weighted by molar-refractivity contribution is 6.33. The molecule has 3 heterocycles. The smallest absolute Gasteiger partial charge is 0.353 e. The molecule has 2 aromatic rings. The Labute approximate surface area is 111 Å². The van der Waals surface area contributed by atoms with Crippen LogP contribution in [0, 0.1) is 0 Å². The van der Waals surface area contributed by atoms with Crippen LogP contribution in [0.1, 0.15) is 12.6 Å². The number of nitrogens with one attached hydrogen (secondary N) is 1. The van der Waals surface area contributed by atoms with Crippen molar-refractivity contribution in [3.05, 3.63) is 22.0 Å². The van der Waals surface area contributed by atoms with Crippen LogP contribution in [0.5, 0.6) is 0 Å². The first-order valence-corrected chi connectivity index (χ1v) is 6.05. The maximum absolute atomic E-state index is 11.9. The number of hydrogen-bond donors (Lipinski definition) is 3. The third-order valence-electron chi connectivity index (χ3n) is 3.12. The number of H-pyrrole nitrogens is 1. The molecule has 3 atom stereocenters. The van der Waals surface area contributed by atoms with Crippen molar-refractivity contribution in [3.8, 4) is 0 Å². The van der Waals surface area contributed by atoms with Gasteiger partial charge in [-0.25, -0.2) is 9.78 Å². The number of aliphatic hydroxyl groups excluding tert-OH is 2. The Morgan fingerprint density at radius 1 is 1.63 bits per heavy atom. The summed E-state index contributed by atoms with van der Waals surface area (Å²) in [5.41, 5.74) is 0.0377. The van der Waals surface area contributed by atoms with E-state index in [-0.39, 0.29) is 23.8 Å². The highest BCUT2D eigenvalue weighted by Crippen LogP contribution is 2.30. The standard InChI is InChI=1S/C10H11ClN4O4/c11-8-7-9(13-3-12-7)14-10(18)15(8)6-1-4(17)5(2-16)19-6/h3-6,16-17H,1-2H2,(H,12,13,14,18)/t4-,5+,6?/m0/s1. The monoisotopic (exact) mass is 286 g/mol. The molecule has 19 heavy (non-hydrogen) atoms. The Hall–Kier alpha value is -1.48. The van der Waals surface area contributed by atoms with Crippen molar-refractivity contribution in [1.29, 1.82) is 0 Å². The summed E-state index contributed by atoms with van der Waals surface area (Å²) in [5.74, 6) is 0. The molecule has 0 saturated carbocycles. The van der Waals surface area contributed by atoms with Crippen molar-refractivity contribution in [2.24, 2.45) is 0 Å². The van der Waals surface area contributed by atoms with E-state index in [1.54, 1.807) is 0 Å². The lowest BCUT2D eigenvalue weighted by atomic mass is 10.2. The van der Waals surface area contributed by atoms with Crippen molar-refractivity contribution >= 4 is 22.8 Å². The second-order valence-corrected chi connectivity index (χ2v) is 4.63. The van der Waals surface area contributed by atoms with E-state index in [4.69, 9.17) is 21.4 Å². The van der Waals surface area contributed by atoms with Crippen LogP contribution in [0.3, 0.4) is 0 Å². The minimum atomic E-state index is -0.851. The first kappa shape index (κ1) is 12.5. The summed E-state index contributed by atoms with van der Waals surface area (Å²) >= 11 is 6.13. The normalized spacial score (nSPS) is 27.2. The Morgan fingerprint density at radius 2 is 2.42 bits per heavy atom. The van der Waals surface area contributed by atoms with E-state index in [0.29, 0.717) is 5.52 Å². The number of aliphatic hydroxyl groups is 2. The molecule has 0 radical (unpaired) electrons. The highest BCUT2D eigenvalue weighted by atomic mass is 35.5. The average Bonchev–Trinajstić information content (AvgIpc) is 2.95. The van der Waals surface area contributed by atoms with Crippen molar-refractivity contribution in [1.82, 2.24) is 19.5 Å². The molecule has 1 aliphatic heterocycles. The first-order chi connectivity index (χ1) is 9.11. The summed E-state index contributed by atoms with van der Waals surface area (Å²) in [6.07, 6.45) is -0.798. The fourth-order valence-corrected chi connectivity index (χ4v) is 2.48. The number of imidazole rings is 1. The van der Waals surface area contributed by atoms with Gasteiger partial charge in [0.05, 0.1) is 19.0 Å². The molecule has 1 fully saturated rings. The molecule has 0 amide bonds. The second-order valence-electron chi connectivity index (χ2n) is 4.27. The molecule has 1 unspecified atom stereocenters. The zero-order valence-corrected chi connectivity index (χ0v) is 10.4. The molecule has 0 aliphatic carbocycles. The van der Waals surface area contributed by atoms with Gasteiger partial charge in [-0.1, -0.05) is 11.6 Å². The quantitative estimate of drug-likeness (QED) is 0.636. The minimum absolute atomic E-state index is 0.114. The van der Waals surface area contributed by atoms with Crippen LogP contribution in [0.4, 0.5) is 0 Å². The number of aromatic amines is 1. The Kier molecular flexibility index (Phi) is 3.02. The van der Waals surface area contributed by atoms with E-state index in [1.807, 2.05) is 0 Å². The lowest BCUT2D eigenvalue weighted by molar-refractivity contribution is -0.0456. The van der Waals surface area contributed by atoms with Crippen molar-refractivity contribution in [3.63, 3.8) is 0 Å². The van der Waals surface area contributed by atoms with E-state index < -0.39 is 24.1 Å². The van der Waals surface area contributed by atoms with E-state index in [0.717, 1.165) is 4.57 Å². The number of nitrogens with zero attached hydrogens (tertiary/aromatic N) is 3. The molecule has 9 heteroatoms. The fraction of sp³-hybridized carbons (Fsp3) is 0.500. The minimum Gasteiger partial charge on any atom is -0.394 e. The van der Waals surface area contributed by atoms with Crippen molar-refractivity contribution in [2.45, 2.75) is 24.9 Å². The van der Waals surface area contributed by atoms with Crippen LogP contribution in [0.15, 0.2) is 11.1 Å². The van der Waals surface area contributed by atoms with Gasteiger partial charge < -0.3 is 19.9 Å². The van der Waals surface area contributed by atoms with Gasteiger partial charge in [0.2, 0.25) is 0 Å². The van der Waals surface area contributed by atoms with Crippen LogP contribution >= 0.6 is 11.6 Å². The predicted molar refractivity (Wildman–Crippen MR) is 64.8 cm³/mol. The van der Waals surface area contributed by atoms with Gasteiger partial charge in [-0.2, -0.15) is 4.98 Å². The number of aromatic nitrogens is 4. The molecule has 0 spiro atoms. The summed E-state index contributed by atoms with van der Waals surface area (Å²) in [6.45, 7) is -0.330. The summed E-state index contributed by atoms with van der Waals surface area (Å²) in [4.78, 5) is 22.3. The van der Waals surface area contributed by atoms with Crippen LogP contribution in [-0.2, 0) is 4.74 Å². The summed E-state index contributed by atoms with van der Waals surface area (Å²) in [7, 11) is 0.